The molecule has 1 fully saturated rings. The molecule has 1 aromatic heterocycles. The zero-order chi connectivity index (χ0) is 11.9. The van der Waals surface area contributed by atoms with Crippen LogP contribution in [0.2, 0.25) is 0 Å². The molecule has 1 unspecified atom stereocenters. The number of anilines is 1. The van der Waals surface area contributed by atoms with E-state index in [1.807, 2.05) is 18.5 Å². The molecule has 17 heavy (non-hydrogen) atoms. The molecule has 0 spiro atoms. The Bertz CT molecular complexity index is 308. The number of hydrogen-bond donors (Lipinski definition) is 1. The fourth-order valence-corrected chi connectivity index (χ4v) is 2.39. The van der Waals surface area contributed by atoms with Crippen molar-refractivity contribution in [1.29, 1.82) is 0 Å². The van der Waals surface area contributed by atoms with Crippen LogP contribution in [0.1, 0.15) is 26.2 Å². The summed E-state index contributed by atoms with van der Waals surface area (Å²) < 4.78 is 0. The molecule has 2 rings (SSSR count). The van der Waals surface area contributed by atoms with E-state index in [1.54, 1.807) is 0 Å². The summed E-state index contributed by atoms with van der Waals surface area (Å²) in [5, 5.41) is 3.47. The van der Waals surface area contributed by atoms with Crippen molar-refractivity contribution >= 4 is 5.95 Å². The lowest BCUT2D eigenvalue weighted by molar-refractivity contribution is 0.375. The molecule has 4 nitrogen and oxygen atoms in total. The lowest BCUT2D eigenvalue weighted by Gasteiger charge is -2.29. The average molecular weight is 234 g/mol. The Morgan fingerprint density at radius 3 is 2.88 bits per heavy atom. The first-order valence-corrected chi connectivity index (χ1v) is 6.63. The van der Waals surface area contributed by atoms with Crippen molar-refractivity contribution in [2.75, 3.05) is 31.1 Å². The highest BCUT2D eigenvalue weighted by Crippen LogP contribution is 2.15. The monoisotopic (exact) mass is 234 g/mol. The highest BCUT2D eigenvalue weighted by molar-refractivity contribution is 5.28. The summed E-state index contributed by atoms with van der Waals surface area (Å²) in [5.74, 6) is 1.61. The van der Waals surface area contributed by atoms with Crippen molar-refractivity contribution < 1.29 is 0 Å². The van der Waals surface area contributed by atoms with E-state index < -0.39 is 0 Å². The average Bonchev–Trinajstić information content (AvgIpc) is 2.40. The van der Waals surface area contributed by atoms with Gasteiger partial charge in [-0.05, 0) is 44.3 Å². The SMILES string of the molecule is CCCN(CC1CCCNC1)c1ncccn1. The van der Waals surface area contributed by atoms with E-state index in [2.05, 4.69) is 27.1 Å². The summed E-state index contributed by atoms with van der Waals surface area (Å²) in [6, 6.07) is 1.87. The fraction of sp³-hybridized carbons (Fsp3) is 0.692. The topological polar surface area (TPSA) is 41.0 Å². The molecule has 1 aliphatic heterocycles. The Balaban J connectivity index is 1.96. The van der Waals surface area contributed by atoms with Gasteiger partial charge in [0.25, 0.3) is 0 Å². The largest absolute Gasteiger partial charge is 0.341 e. The predicted molar refractivity (Wildman–Crippen MR) is 70.1 cm³/mol. The Labute approximate surface area is 103 Å². The smallest absolute Gasteiger partial charge is 0.225 e. The van der Waals surface area contributed by atoms with Crippen LogP contribution in [-0.4, -0.2) is 36.1 Å². The molecule has 0 aromatic carbocycles. The van der Waals surface area contributed by atoms with Gasteiger partial charge in [0, 0.05) is 25.5 Å². The zero-order valence-electron chi connectivity index (χ0n) is 10.6. The Hall–Kier alpha value is -1.16. The predicted octanol–water partition coefficient (Wildman–Crippen LogP) is 1.69. The third kappa shape index (κ3) is 3.66. The number of piperidine rings is 1. The van der Waals surface area contributed by atoms with E-state index in [1.165, 1.54) is 19.4 Å². The number of nitrogens with zero attached hydrogens (tertiary/aromatic N) is 3. The van der Waals surface area contributed by atoms with Gasteiger partial charge in [-0.3, -0.25) is 0 Å². The minimum Gasteiger partial charge on any atom is -0.341 e. The first-order chi connectivity index (χ1) is 8.40. The second kappa shape index (κ2) is 6.55. The molecule has 0 saturated carbocycles. The molecule has 0 aliphatic carbocycles. The maximum Gasteiger partial charge on any atom is 0.225 e. The first-order valence-electron chi connectivity index (χ1n) is 6.63. The Morgan fingerprint density at radius 1 is 1.41 bits per heavy atom. The van der Waals surface area contributed by atoms with E-state index in [4.69, 9.17) is 0 Å². The van der Waals surface area contributed by atoms with Gasteiger partial charge in [-0.2, -0.15) is 0 Å². The van der Waals surface area contributed by atoms with E-state index in [0.717, 1.165) is 37.9 Å². The van der Waals surface area contributed by atoms with Crippen LogP contribution in [-0.2, 0) is 0 Å². The molecule has 1 N–H and O–H groups in total. The number of aromatic nitrogens is 2. The minimum absolute atomic E-state index is 0.735. The molecule has 0 bridgehead atoms. The quantitative estimate of drug-likeness (QED) is 0.842. The van der Waals surface area contributed by atoms with Gasteiger partial charge in [0.2, 0.25) is 5.95 Å². The molecule has 0 amide bonds. The van der Waals surface area contributed by atoms with Crippen LogP contribution in [0.4, 0.5) is 5.95 Å². The van der Waals surface area contributed by atoms with Crippen molar-refractivity contribution in [3.05, 3.63) is 18.5 Å². The van der Waals surface area contributed by atoms with Gasteiger partial charge in [-0.25, -0.2) is 9.97 Å². The third-order valence-corrected chi connectivity index (χ3v) is 3.21. The molecule has 4 heteroatoms. The van der Waals surface area contributed by atoms with Crippen molar-refractivity contribution in [3.8, 4) is 0 Å². The summed E-state index contributed by atoms with van der Waals surface area (Å²) in [7, 11) is 0. The van der Waals surface area contributed by atoms with Gasteiger partial charge in [0.05, 0.1) is 0 Å². The van der Waals surface area contributed by atoms with Crippen LogP contribution in [0.5, 0.6) is 0 Å². The van der Waals surface area contributed by atoms with Crippen molar-refractivity contribution in [1.82, 2.24) is 15.3 Å². The number of nitrogens with one attached hydrogen (secondary N) is 1. The van der Waals surface area contributed by atoms with Crippen LogP contribution in [0, 0.1) is 5.92 Å². The second-order valence-corrected chi connectivity index (χ2v) is 4.71. The van der Waals surface area contributed by atoms with E-state index in [9.17, 15) is 0 Å². The van der Waals surface area contributed by atoms with Crippen LogP contribution in [0.25, 0.3) is 0 Å². The molecular weight excluding hydrogens is 212 g/mol. The van der Waals surface area contributed by atoms with Crippen LogP contribution in [0.3, 0.4) is 0 Å². The normalized spacial score (nSPS) is 20.2. The number of rotatable bonds is 5. The Kier molecular flexibility index (Phi) is 4.74. The lowest BCUT2D eigenvalue weighted by atomic mass is 9.99. The van der Waals surface area contributed by atoms with Crippen molar-refractivity contribution in [2.45, 2.75) is 26.2 Å². The Morgan fingerprint density at radius 2 is 2.24 bits per heavy atom. The summed E-state index contributed by atoms with van der Waals surface area (Å²) >= 11 is 0. The first kappa shape index (κ1) is 12.3. The molecule has 1 saturated heterocycles. The minimum atomic E-state index is 0.735. The fourth-order valence-electron chi connectivity index (χ4n) is 2.39. The maximum atomic E-state index is 4.36. The second-order valence-electron chi connectivity index (χ2n) is 4.71. The summed E-state index contributed by atoms with van der Waals surface area (Å²) in [4.78, 5) is 11.0. The van der Waals surface area contributed by atoms with E-state index >= 15 is 0 Å². The van der Waals surface area contributed by atoms with E-state index in [0.29, 0.717) is 0 Å². The molecule has 2 heterocycles. The highest BCUT2D eigenvalue weighted by Gasteiger charge is 2.17. The molecule has 1 atom stereocenters. The zero-order valence-corrected chi connectivity index (χ0v) is 10.6. The standard InChI is InChI=1S/C13H22N4/c1-2-9-17(13-15-7-4-8-16-13)11-12-5-3-6-14-10-12/h4,7-8,12,14H,2-3,5-6,9-11H2,1H3. The van der Waals surface area contributed by atoms with Gasteiger partial charge >= 0.3 is 0 Å². The molecular formula is C13H22N4. The van der Waals surface area contributed by atoms with Gasteiger partial charge < -0.3 is 10.2 Å². The molecule has 1 aliphatic rings. The van der Waals surface area contributed by atoms with Crippen LogP contribution < -0.4 is 10.2 Å². The summed E-state index contributed by atoms with van der Waals surface area (Å²) in [6.07, 6.45) is 7.40. The van der Waals surface area contributed by atoms with Gasteiger partial charge in [0.15, 0.2) is 0 Å². The van der Waals surface area contributed by atoms with Crippen LogP contribution >= 0.6 is 0 Å². The maximum absolute atomic E-state index is 4.36. The molecule has 94 valence electrons. The third-order valence-electron chi connectivity index (χ3n) is 3.21. The summed E-state index contributed by atoms with van der Waals surface area (Å²) in [6.45, 7) is 6.62. The van der Waals surface area contributed by atoms with Gasteiger partial charge in [-0.1, -0.05) is 6.92 Å². The van der Waals surface area contributed by atoms with Crippen molar-refractivity contribution in [2.24, 2.45) is 5.92 Å². The van der Waals surface area contributed by atoms with E-state index in [-0.39, 0.29) is 0 Å². The van der Waals surface area contributed by atoms with Crippen molar-refractivity contribution in [3.63, 3.8) is 0 Å². The lowest BCUT2D eigenvalue weighted by Crippen LogP contribution is -2.39. The van der Waals surface area contributed by atoms with Crippen LogP contribution in [0.15, 0.2) is 18.5 Å². The van der Waals surface area contributed by atoms with Gasteiger partial charge in [-0.15, -0.1) is 0 Å². The highest BCUT2D eigenvalue weighted by atomic mass is 15.2. The van der Waals surface area contributed by atoms with Gasteiger partial charge in [0.1, 0.15) is 0 Å². The summed E-state index contributed by atoms with van der Waals surface area (Å²) in [5.41, 5.74) is 0. The molecule has 0 radical (unpaired) electrons. The number of hydrogen-bond acceptors (Lipinski definition) is 4. The molecule has 1 aromatic rings.